The second kappa shape index (κ2) is 16.2. The van der Waals surface area contributed by atoms with Crippen LogP contribution in [0.3, 0.4) is 0 Å². The van der Waals surface area contributed by atoms with E-state index in [2.05, 4.69) is 26.1 Å². The molecule has 0 bridgehead atoms. The van der Waals surface area contributed by atoms with Crippen LogP contribution in [0.2, 0.25) is 0 Å². The molecule has 39 heavy (non-hydrogen) atoms. The molecule has 3 unspecified atom stereocenters. The molecule has 1 aromatic carbocycles. The van der Waals surface area contributed by atoms with Gasteiger partial charge in [-0.05, 0) is 57.1 Å². The standard InChI is InChI=1S/C27H38N6O6/c1-17(2)39-27(38)23(12-11-21(35)16-31-28)33-25(36)22(10-6-7-13-29-18(3)34)32-26(37)24-14-19-8-4-5-9-20(19)15-30-24/h4-5,8-9,16-17,22-24,30H,6-7,10-15H2,1-3H3,(H,29,34)(H,32,37)(H,33,36). The summed E-state index contributed by atoms with van der Waals surface area (Å²) in [5, 5.41) is 11.3. The van der Waals surface area contributed by atoms with E-state index in [1.54, 1.807) is 13.8 Å². The molecule has 0 aromatic heterocycles. The number of carbonyl (C=O) groups is 5. The number of unbranched alkanes of at least 4 members (excludes halogenated alkanes) is 1. The van der Waals surface area contributed by atoms with Crippen molar-refractivity contribution in [3.05, 3.63) is 40.9 Å². The second-order valence-corrected chi connectivity index (χ2v) is 9.74. The molecular weight excluding hydrogens is 504 g/mol. The molecule has 0 spiro atoms. The number of esters is 1. The van der Waals surface area contributed by atoms with E-state index < -0.39 is 41.9 Å². The van der Waals surface area contributed by atoms with Gasteiger partial charge in [-0.2, -0.15) is 4.79 Å². The Hall–Kier alpha value is -3.89. The molecule has 2 rings (SSSR count). The Morgan fingerprint density at radius 3 is 2.46 bits per heavy atom. The number of ketones is 1. The highest BCUT2D eigenvalue weighted by Gasteiger charge is 2.31. The molecule has 1 heterocycles. The van der Waals surface area contributed by atoms with Crippen molar-refractivity contribution in [2.45, 2.75) is 90.1 Å². The molecule has 0 saturated carbocycles. The number of ether oxygens (including phenoxy) is 1. The molecule has 3 amide bonds. The molecule has 3 atom stereocenters. The zero-order valence-corrected chi connectivity index (χ0v) is 22.7. The molecule has 0 fully saturated rings. The highest BCUT2D eigenvalue weighted by Crippen LogP contribution is 2.17. The predicted octanol–water partition coefficient (Wildman–Crippen LogP) is 0.578. The largest absolute Gasteiger partial charge is 0.461 e. The molecule has 4 N–H and O–H groups in total. The lowest BCUT2D eigenvalue weighted by Gasteiger charge is -2.28. The molecule has 0 radical (unpaired) electrons. The first-order chi connectivity index (χ1) is 18.6. The summed E-state index contributed by atoms with van der Waals surface area (Å²) < 4.78 is 5.24. The Morgan fingerprint density at radius 1 is 1.08 bits per heavy atom. The van der Waals surface area contributed by atoms with Gasteiger partial charge in [-0.1, -0.05) is 24.3 Å². The molecule has 212 valence electrons. The second-order valence-electron chi connectivity index (χ2n) is 9.74. The first kappa shape index (κ1) is 31.3. The topological polar surface area (TPSA) is 179 Å². The number of amides is 3. The minimum atomic E-state index is -1.14. The fraction of sp³-hybridized carbons (Fsp3) is 0.556. The highest BCUT2D eigenvalue weighted by molar-refractivity contribution is 6.25. The summed E-state index contributed by atoms with van der Waals surface area (Å²) in [6.07, 6.45) is 1.87. The van der Waals surface area contributed by atoms with E-state index in [-0.39, 0.29) is 31.1 Å². The average molecular weight is 543 g/mol. The van der Waals surface area contributed by atoms with Crippen LogP contribution in [0, 0.1) is 0 Å². The third-order valence-electron chi connectivity index (χ3n) is 6.16. The van der Waals surface area contributed by atoms with Crippen LogP contribution in [-0.2, 0) is 41.7 Å². The number of fused-ring (bicyclic) bond motifs is 1. The van der Waals surface area contributed by atoms with Crippen molar-refractivity contribution in [2.24, 2.45) is 0 Å². The summed E-state index contributed by atoms with van der Waals surface area (Å²) in [5.41, 5.74) is 10.7. The maximum absolute atomic E-state index is 13.3. The predicted molar refractivity (Wildman–Crippen MR) is 142 cm³/mol. The molecule has 12 nitrogen and oxygen atoms in total. The Labute approximate surface area is 228 Å². The number of rotatable bonds is 15. The monoisotopic (exact) mass is 542 g/mol. The van der Waals surface area contributed by atoms with Gasteiger partial charge >= 0.3 is 12.2 Å². The quantitative estimate of drug-likeness (QED) is 0.0822. The number of benzene rings is 1. The molecule has 1 aliphatic rings. The van der Waals surface area contributed by atoms with E-state index in [1.807, 2.05) is 24.3 Å². The van der Waals surface area contributed by atoms with Crippen LogP contribution >= 0.6 is 0 Å². The van der Waals surface area contributed by atoms with E-state index in [9.17, 15) is 24.0 Å². The van der Waals surface area contributed by atoms with Crippen LogP contribution in [0.5, 0.6) is 0 Å². The van der Waals surface area contributed by atoms with Crippen molar-refractivity contribution < 1.29 is 33.5 Å². The molecule has 1 aliphatic heterocycles. The van der Waals surface area contributed by atoms with Crippen LogP contribution in [0.25, 0.3) is 5.53 Å². The van der Waals surface area contributed by atoms with Crippen LogP contribution in [0.1, 0.15) is 64.0 Å². The fourth-order valence-electron chi connectivity index (χ4n) is 4.17. The summed E-state index contributed by atoms with van der Waals surface area (Å²) in [6.45, 7) is 5.69. The van der Waals surface area contributed by atoms with Crippen LogP contribution in [0.15, 0.2) is 24.3 Å². The van der Waals surface area contributed by atoms with Crippen molar-refractivity contribution in [2.75, 3.05) is 6.54 Å². The third kappa shape index (κ3) is 11.2. The van der Waals surface area contributed by atoms with Gasteiger partial charge in [-0.15, -0.1) is 0 Å². The first-order valence-electron chi connectivity index (χ1n) is 13.2. The number of carbonyl (C=O) groups excluding carboxylic acids is 5. The minimum Gasteiger partial charge on any atom is -0.461 e. The Bertz CT molecular complexity index is 1080. The van der Waals surface area contributed by atoms with Gasteiger partial charge < -0.3 is 31.5 Å². The van der Waals surface area contributed by atoms with E-state index in [0.29, 0.717) is 32.4 Å². The minimum absolute atomic E-state index is 0.0771. The molecular formula is C27H38N6O6. The lowest BCUT2D eigenvalue weighted by molar-refractivity contribution is -0.152. The first-order valence-corrected chi connectivity index (χ1v) is 13.2. The van der Waals surface area contributed by atoms with Gasteiger partial charge in [0.1, 0.15) is 12.1 Å². The van der Waals surface area contributed by atoms with Gasteiger partial charge in [0.25, 0.3) is 0 Å². The molecule has 0 saturated heterocycles. The third-order valence-corrected chi connectivity index (χ3v) is 6.16. The van der Waals surface area contributed by atoms with Crippen molar-refractivity contribution >= 4 is 35.7 Å². The molecule has 12 heteroatoms. The maximum atomic E-state index is 13.3. The van der Waals surface area contributed by atoms with Gasteiger partial charge in [0, 0.05) is 26.4 Å². The smallest absolute Gasteiger partial charge is 0.328 e. The summed E-state index contributed by atoms with van der Waals surface area (Å²) >= 11 is 0. The summed E-state index contributed by atoms with van der Waals surface area (Å²) in [6, 6.07) is 5.18. The summed E-state index contributed by atoms with van der Waals surface area (Å²) in [5.74, 6) is -2.34. The van der Waals surface area contributed by atoms with E-state index in [0.717, 1.165) is 17.3 Å². The normalized spacial score (nSPS) is 15.6. The average Bonchev–Trinajstić information content (AvgIpc) is 2.89. The van der Waals surface area contributed by atoms with Gasteiger partial charge in [-0.25, -0.2) is 4.79 Å². The lowest BCUT2D eigenvalue weighted by atomic mass is 9.95. The van der Waals surface area contributed by atoms with Crippen molar-refractivity contribution in [3.8, 4) is 0 Å². The number of Topliss-reactive ketones (excluding diaryl/α,β-unsaturated/α-hetero) is 1. The number of hydrogen-bond acceptors (Lipinski definition) is 7. The fourth-order valence-corrected chi connectivity index (χ4v) is 4.17. The zero-order chi connectivity index (χ0) is 28.8. The Balaban J connectivity index is 2.12. The number of nitrogens with one attached hydrogen (secondary N) is 4. The van der Waals surface area contributed by atoms with E-state index in [4.69, 9.17) is 10.3 Å². The van der Waals surface area contributed by atoms with Gasteiger partial charge in [0.2, 0.25) is 23.5 Å². The molecule has 1 aromatic rings. The number of hydrogen-bond donors (Lipinski definition) is 4. The van der Waals surface area contributed by atoms with Crippen LogP contribution < -0.4 is 21.3 Å². The van der Waals surface area contributed by atoms with Crippen molar-refractivity contribution in [1.29, 1.82) is 0 Å². The highest BCUT2D eigenvalue weighted by atomic mass is 16.5. The van der Waals surface area contributed by atoms with Gasteiger partial charge in [-0.3, -0.25) is 19.2 Å². The van der Waals surface area contributed by atoms with Crippen molar-refractivity contribution in [3.63, 3.8) is 0 Å². The van der Waals surface area contributed by atoms with Gasteiger partial charge in [0.05, 0.1) is 12.1 Å². The Morgan fingerprint density at radius 2 is 1.79 bits per heavy atom. The van der Waals surface area contributed by atoms with Gasteiger partial charge in [0.15, 0.2) is 0 Å². The van der Waals surface area contributed by atoms with E-state index in [1.165, 1.54) is 6.92 Å². The maximum Gasteiger partial charge on any atom is 0.328 e. The van der Waals surface area contributed by atoms with E-state index >= 15 is 0 Å². The summed E-state index contributed by atoms with van der Waals surface area (Å²) in [7, 11) is 0. The van der Waals surface area contributed by atoms with Crippen molar-refractivity contribution in [1.82, 2.24) is 21.3 Å². The van der Waals surface area contributed by atoms with Crippen LogP contribution in [-0.4, -0.2) is 71.3 Å². The summed E-state index contributed by atoms with van der Waals surface area (Å²) in [4.78, 5) is 64.8. The molecule has 0 aliphatic carbocycles. The lowest BCUT2D eigenvalue weighted by Crippen LogP contribution is -2.56. The SMILES string of the molecule is CC(=O)NCCCCC(NC(=O)C1Cc2ccccc2CN1)C(=O)NC(CCC(=O)C=[N+]=[N-])C(=O)OC(C)C. The van der Waals surface area contributed by atoms with Crippen LogP contribution in [0.4, 0.5) is 0 Å². The zero-order valence-electron chi connectivity index (χ0n) is 22.7. The number of nitrogens with zero attached hydrogens (tertiary/aromatic N) is 2. The Kier molecular flexibility index (Phi) is 13.0.